The van der Waals surface area contributed by atoms with Gasteiger partial charge >= 0.3 is 0 Å². The molecule has 1 aliphatic carbocycles. The third kappa shape index (κ3) is 4.57. The summed E-state index contributed by atoms with van der Waals surface area (Å²) in [6, 6.07) is 2.01. The number of carbonyl (C=O) groups excluding carboxylic acids is 1. The summed E-state index contributed by atoms with van der Waals surface area (Å²) in [6.45, 7) is 2.24. The second-order valence-electron chi connectivity index (χ2n) is 5.58. The summed E-state index contributed by atoms with van der Waals surface area (Å²) in [7, 11) is 0. The van der Waals surface area contributed by atoms with E-state index in [1.165, 1.54) is 19.3 Å². The molecule has 2 atom stereocenters. The third-order valence-electron chi connectivity index (χ3n) is 3.90. The average molecular weight is 286 g/mol. The van der Waals surface area contributed by atoms with Crippen molar-refractivity contribution in [2.24, 2.45) is 5.92 Å². The van der Waals surface area contributed by atoms with E-state index < -0.39 is 0 Å². The van der Waals surface area contributed by atoms with Crippen molar-refractivity contribution in [3.63, 3.8) is 0 Å². The normalized spacial score (nSPS) is 21.2. The number of nitrogens with zero attached hydrogens (tertiary/aromatic N) is 1. The highest BCUT2D eigenvalue weighted by Crippen LogP contribution is 2.23. The van der Waals surface area contributed by atoms with E-state index in [0.29, 0.717) is 23.5 Å². The van der Waals surface area contributed by atoms with Gasteiger partial charge in [0, 0.05) is 30.4 Å². The monoisotopic (exact) mass is 286 g/mol. The van der Waals surface area contributed by atoms with E-state index in [-0.39, 0.29) is 18.6 Å². The van der Waals surface area contributed by atoms with Gasteiger partial charge in [0.15, 0.2) is 0 Å². The smallest absolute Gasteiger partial charge is 0.253 e. The van der Waals surface area contributed by atoms with Gasteiger partial charge in [-0.1, -0.05) is 31.6 Å². The molecule has 1 amide bonds. The fourth-order valence-corrected chi connectivity index (χ4v) is 2.64. The zero-order valence-corrected chi connectivity index (χ0v) is 12.4. The molecule has 2 rings (SSSR count). The molecule has 1 aromatic rings. The Kier molecular flexibility index (Phi) is 5.77. The van der Waals surface area contributed by atoms with Gasteiger partial charge in [0.25, 0.3) is 5.91 Å². The largest absolute Gasteiger partial charge is 0.395 e. The number of amides is 1. The molecule has 112 valence electrons. The van der Waals surface area contributed by atoms with Crippen LogP contribution >= 0.6 is 0 Å². The van der Waals surface area contributed by atoms with Crippen LogP contribution in [0.5, 0.6) is 0 Å². The van der Waals surface area contributed by atoms with Gasteiger partial charge in [0.1, 0.15) is 0 Å². The maximum absolute atomic E-state index is 12.3. The van der Waals surface area contributed by atoms with Crippen molar-refractivity contribution in [2.45, 2.75) is 45.1 Å². The highest BCUT2D eigenvalue weighted by atomic mass is 16.2. The van der Waals surface area contributed by atoms with E-state index in [0.717, 1.165) is 6.42 Å². The third-order valence-corrected chi connectivity index (χ3v) is 3.90. The lowest BCUT2D eigenvalue weighted by Gasteiger charge is -2.29. The summed E-state index contributed by atoms with van der Waals surface area (Å²) in [4.78, 5) is 16.4. The van der Waals surface area contributed by atoms with Crippen LogP contribution in [0.4, 0.5) is 0 Å². The molecular weight excluding hydrogens is 264 g/mol. The Bertz CT molecular complexity index is 545. The Morgan fingerprint density at radius 1 is 1.43 bits per heavy atom. The van der Waals surface area contributed by atoms with Crippen LogP contribution in [-0.4, -0.2) is 28.6 Å². The number of aliphatic hydroxyl groups is 1. The fraction of sp³-hybridized carbons (Fsp3) is 0.529. The Morgan fingerprint density at radius 2 is 2.24 bits per heavy atom. The average Bonchev–Trinajstić information content (AvgIpc) is 2.50. The Balaban J connectivity index is 2.02. The molecule has 0 saturated heterocycles. The summed E-state index contributed by atoms with van der Waals surface area (Å²) in [5, 5.41) is 11.8. The van der Waals surface area contributed by atoms with E-state index in [1.54, 1.807) is 18.5 Å². The number of pyridine rings is 1. The van der Waals surface area contributed by atoms with Crippen molar-refractivity contribution >= 4 is 5.91 Å². The summed E-state index contributed by atoms with van der Waals surface area (Å²) >= 11 is 0. The molecule has 1 saturated carbocycles. The molecule has 1 aliphatic rings. The zero-order chi connectivity index (χ0) is 15.1. The van der Waals surface area contributed by atoms with Crippen molar-refractivity contribution in [3.05, 3.63) is 29.6 Å². The maximum Gasteiger partial charge on any atom is 0.253 e. The lowest BCUT2D eigenvalue weighted by Crippen LogP contribution is -2.41. The Morgan fingerprint density at radius 3 is 3.00 bits per heavy atom. The minimum atomic E-state index is -0.0768. The minimum Gasteiger partial charge on any atom is -0.395 e. The van der Waals surface area contributed by atoms with Crippen LogP contribution in [0.25, 0.3) is 0 Å². The number of aliphatic hydroxyl groups excluding tert-OH is 1. The molecule has 4 nitrogen and oxygen atoms in total. The summed E-state index contributed by atoms with van der Waals surface area (Å²) in [6.07, 6.45) is 8.29. The lowest BCUT2D eigenvalue weighted by atomic mass is 9.86. The SMILES string of the molecule is CC1CCCCC1NC(=O)c1cncc(C#CCCO)c1. The molecule has 2 unspecified atom stereocenters. The molecule has 2 N–H and O–H groups in total. The summed E-state index contributed by atoms with van der Waals surface area (Å²) in [5.74, 6) is 6.19. The molecule has 4 heteroatoms. The molecule has 0 aromatic carbocycles. The van der Waals surface area contributed by atoms with Gasteiger partial charge in [-0.15, -0.1) is 0 Å². The molecule has 1 heterocycles. The van der Waals surface area contributed by atoms with Crippen LogP contribution in [0.3, 0.4) is 0 Å². The van der Waals surface area contributed by atoms with Gasteiger partial charge in [-0.2, -0.15) is 0 Å². The van der Waals surface area contributed by atoms with E-state index >= 15 is 0 Å². The topological polar surface area (TPSA) is 62.2 Å². The van der Waals surface area contributed by atoms with Gasteiger partial charge in [-0.3, -0.25) is 9.78 Å². The van der Waals surface area contributed by atoms with E-state index in [4.69, 9.17) is 5.11 Å². The second kappa shape index (κ2) is 7.80. The predicted octanol–water partition coefficient (Wildman–Crippen LogP) is 2.12. The number of hydrogen-bond acceptors (Lipinski definition) is 3. The second-order valence-corrected chi connectivity index (χ2v) is 5.58. The van der Waals surface area contributed by atoms with Crippen molar-refractivity contribution in [1.82, 2.24) is 10.3 Å². The lowest BCUT2D eigenvalue weighted by molar-refractivity contribution is 0.0910. The van der Waals surface area contributed by atoms with Crippen molar-refractivity contribution < 1.29 is 9.90 Å². The maximum atomic E-state index is 12.3. The molecular formula is C17H22N2O2. The molecule has 0 aliphatic heterocycles. The molecule has 0 spiro atoms. The zero-order valence-electron chi connectivity index (χ0n) is 12.4. The highest BCUT2D eigenvalue weighted by molar-refractivity contribution is 5.94. The first-order valence-electron chi connectivity index (χ1n) is 7.56. The van der Waals surface area contributed by atoms with Crippen LogP contribution in [0.15, 0.2) is 18.5 Å². The van der Waals surface area contributed by atoms with Crippen molar-refractivity contribution in [3.8, 4) is 11.8 Å². The van der Waals surface area contributed by atoms with Gasteiger partial charge in [-0.25, -0.2) is 0 Å². The molecule has 1 aromatic heterocycles. The molecule has 0 bridgehead atoms. The quantitative estimate of drug-likeness (QED) is 0.837. The van der Waals surface area contributed by atoms with E-state index in [1.807, 2.05) is 0 Å². The van der Waals surface area contributed by atoms with E-state index in [9.17, 15) is 4.79 Å². The number of aromatic nitrogens is 1. The summed E-state index contributed by atoms with van der Waals surface area (Å²) < 4.78 is 0. The predicted molar refractivity (Wildman–Crippen MR) is 81.7 cm³/mol. The van der Waals surface area contributed by atoms with Crippen LogP contribution < -0.4 is 5.32 Å². The van der Waals surface area contributed by atoms with Gasteiger partial charge < -0.3 is 10.4 Å². The molecule has 0 radical (unpaired) electrons. The van der Waals surface area contributed by atoms with Gasteiger partial charge in [0.05, 0.1) is 12.2 Å². The first-order valence-corrected chi connectivity index (χ1v) is 7.56. The fourth-order valence-electron chi connectivity index (χ4n) is 2.64. The number of hydrogen-bond donors (Lipinski definition) is 2. The first-order chi connectivity index (χ1) is 10.2. The van der Waals surface area contributed by atoms with Crippen molar-refractivity contribution in [1.29, 1.82) is 0 Å². The minimum absolute atomic E-state index is 0.0418. The first kappa shape index (κ1) is 15.5. The highest BCUT2D eigenvalue weighted by Gasteiger charge is 2.23. The molecule has 1 fully saturated rings. The van der Waals surface area contributed by atoms with E-state index in [2.05, 4.69) is 29.1 Å². The number of carbonyl (C=O) groups is 1. The van der Waals surface area contributed by atoms with Crippen LogP contribution in [0, 0.1) is 17.8 Å². The Hall–Kier alpha value is -1.86. The van der Waals surface area contributed by atoms with Crippen molar-refractivity contribution in [2.75, 3.05) is 6.61 Å². The summed E-state index contributed by atoms with van der Waals surface area (Å²) in [5.41, 5.74) is 1.25. The van der Waals surface area contributed by atoms with Gasteiger partial charge in [0.2, 0.25) is 0 Å². The van der Waals surface area contributed by atoms with Crippen LogP contribution in [0.1, 0.15) is 54.9 Å². The number of rotatable bonds is 3. The molecule has 21 heavy (non-hydrogen) atoms. The van der Waals surface area contributed by atoms with Crippen LogP contribution in [-0.2, 0) is 0 Å². The number of nitrogens with one attached hydrogen (secondary N) is 1. The standard InChI is InChI=1S/C17H22N2O2/c1-13-6-2-3-8-16(13)19-17(21)15-10-14(11-18-12-15)7-4-5-9-20/h10-13,16,20H,2-3,5-6,8-9H2,1H3,(H,19,21). The Labute approximate surface area is 126 Å². The van der Waals surface area contributed by atoms with Crippen LogP contribution in [0.2, 0.25) is 0 Å². The van der Waals surface area contributed by atoms with Gasteiger partial charge in [-0.05, 0) is 24.8 Å².